The number of para-hydroxylation sites is 1. The monoisotopic (exact) mass is 513 g/mol. The number of benzene rings is 3. The van der Waals surface area contributed by atoms with Crippen molar-refractivity contribution >= 4 is 27.8 Å². The Bertz CT molecular complexity index is 1360. The van der Waals surface area contributed by atoms with Crippen LogP contribution < -0.4 is 4.74 Å². The molecule has 1 N–H and O–H groups in total. The fourth-order valence-electron chi connectivity index (χ4n) is 5.80. The molecule has 0 spiro atoms. The zero-order chi connectivity index (χ0) is 26.7. The van der Waals surface area contributed by atoms with Crippen LogP contribution in [0.1, 0.15) is 52.0 Å². The van der Waals surface area contributed by atoms with Crippen LogP contribution in [0.15, 0.2) is 77.2 Å². The summed E-state index contributed by atoms with van der Waals surface area (Å²) in [7, 11) is 0. The smallest absolute Gasteiger partial charge is 0.226 e. The van der Waals surface area contributed by atoms with E-state index in [1.807, 2.05) is 77.7 Å². The van der Waals surface area contributed by atoms with Crippen LogP contribution in [-0.4, -0.2) is 35.2 Å². The van der Waals surface area contributed by atoms with Gasteiger partial charge in [-0.25, -0.2) is 0 Å². The summed E-state index contributed by atoms with van der Waals surface area (Å²) in [6.45, 7) is 7.73. The van der Waals surface area contributed by atoms with Gasteiger partial charge in [-0.1, -0.05) is 69.3 Å². The molecule has 1 aromatic heterocycles. The highest BCUT2D eigenvalue weighted by atomic mass is 16.5. The van der Waals surface area contributed by atoms with Gasteiger partial charge in [0.15, 0.2) is 0 Å². The SMILES string of the molecule is CC(C)(C)C1CCC(C(=O)N(Cc2ccccc2)C[C@@H](O)COc2ccc3oc4ccccc4c3c2)CC1. The standard InChI is InChI=1S/C33H39NO4/c1-33(2,3)25-15-13-24(14-16-25)32(36)34(20-23-9-5-4-6-10-23)21-26(35)22-37-27-17-18-31-29(19-27)28-11-7-8-12-30(28)38-31/h4-12,17-19,24-26,35H,13-16,20-22H2,1-3H3/t24?,25?,26-/m1/s1. The molecule has 5 nitrogen and oxygen atoms in total. The van der Waals surface area contributed by atoms with Gasteiger partial charge in [0.2, 0.25) is 5.91 Å². The average molecular weight is 514 g/mol. The van der Waals surface area contributed by atoms with Crippen LogP contribution in [0.3, 0.4) is 0 Å². The van der Waals surface area contributed by atoms with E-state index in [0.717, 1.165) is 53.2 Å². The van der Waals surface area contributed by atoms with Crippen molar-refractivity contribution in [2.75, 3.05) is 13.2 Å². The Kier molecular flexibility index (Phi) is 7.75. The molecule has 0 radical (unpaired) electrons. The minimum Gasteiger partial charge on any atom is -0.491 e. The van der Waals surface area contributed by atoms with Crippen LogP contribution in [0.4, 0.5) is 0 Å². The zero-order valence-corrected chi connectivity index (χ0v) is 22.7. The molecule has 1 fully saturated rings. The van der Waals surface area contributed by atoms with E-state index in [0.29, 0.717) is 18.2 Å². The van der Waals surface area contributed by atoms with Crippen molar-refractivity contribution in [3.05, 3.63) is 78.4 Å². The molecule has 1 heterocycles. The van der Waals surface area contributed by atoms with Gasteiger partial charge >= 0.3 is 0 Å². The number of nitrogens with zero attached hydrogens (tertiary/aromatic N) is 1. The predicted molar refractivity (Wildman–Crippen MR) is 152 cm³/mol. The van der Waals surface area contributed by atoms with Crippen molar-refractivity contribution in [2.24, 2.45) is 17.3 Å². The second kappa shape index (κ2) is 11.2. The molecule has 0 unspecified atom stereocenters. The molecule has 38 heavy (non-hydrogen) atoms. The maximum absolute atomic E-state index is 13.7. The van der Waals surface area contributed by atoms with E-state index in [2.05, 4.69) is 20.8 Å². The van der Waals surface area contributed by atoms with Crippen molar-refractivity contribution in [3.8, 4) is 5.75 Å². The number of aliphatic hydroxyl groups is 1. The summed E-state index contributed by atoms with van der Waals surface area (Å²) in [6.07, 6.45) is 3.19. The van der Waals surface area contributed by atoms with Crippen LogP contribution >= 0.6 is 0 Å². The van der Waals surface area contributed by atoms with Gasteiger partial charge in [0.1, 0.15) is 29.6 Å². The normalized spacial score (nSPS) is 18.9. The minimum atomic E-state index is -0.801. The molecule has 1 amide bonds. The van der Waals surface area contributed by atoms with E-state index in [1.165, 1.54) is 0 Å². The van der Waals surface area contributed by atoms with Crippen LogP contribution in [0.2, 0.25) is 0 Å². The van der Waals surface area contributed by atoms with Gasteiger partial charge in [-0.05, 0) is 66.8 Å². The van der Waals surface area contributed by atoms with E-state index >= 15 is 0 Å². The van der Waals surface area contributed by atoms with Gasteiger partial charge in [-0.2, -0.15) is 0 Å². The topological polar surface area (TPSA) is 62.9 Å². The highest BCUT2D eigenvalue weighted by Gasteiger charge is 2.34. The highest BCUT2D eigenvalue weighted by Crippen LogP contribution is 2.40. The number of carbonyl (C=O) groups is 1. The molecule has 1 aliphatic rings. The number of hydrogen-bond acceptors (Lipinski definition) is 4. The third kappa shape index (κ3) is 6.05. The van der Waals surface area contributed by atoms with Crippen molar-refractivity contribution in [1.29, 1.82) is 0 Å². The Balaban J connectivity index is 1.25. The average Bonchev–Trinajstić information content (AvgIpc) is 3.29. The molecule has 5 heteroatoms. The first-order valence-corrected chi connectivity index (χ1v) is 13.8. The summed E-state index contributed by atoms with van der Waals surface area (Å²) in [6, 6.07) is 23.7. The first kappa shape index (κ1) is 26.3. The van der Waals surface area contributed by atoms with Gasteiger partial charge < -0.3 is 19.2 Å². The van der Waals surface area contributed by atoms with E-state index in [4.69, 9.17) is 9.15 Å². The fourth-order valence-corrected chi connectivity index (χ4v) is 5.80. The van der Waals surface area contributed by atoms with Crippen LogP contribution in [-0.2, 0) is 11.3 Å². The van der Waals surface area contributed by atoms with E-state index in [1.54, 1.807) is 0 Å². The third-order valence-electron chi connectivity index (χ3n) is 8.05. The van der Waals surface area contributed by atoms with Crippen LogP contribution in [0.5, 0.6) is 5.75 Å². The maximum Gasteiger partial charge on any atom is 0.226 e. The van der Waals surface area contributed by atoms with Crippen LogP contribution in [0, 0.1) is 17.3 Å². The number of aliphatic hydroxyl groups excluding tert-OH is 1. The largest absolute Gasteiger partial charge is 0.491 e. The number of ether oxygens (including phenoxy) is 1. The molecule has 200 valence electrons. The van der Waals surface area contributed by atoms with E-state index in [9.17, 15) is 9.90 Å². The summed E-state index contributed by atoms with van der Waals surface area (Å²) in [5.41, 5.74) is 2.98. The Hall–Kier alpha value is -3.31. The summed E-state index contributed by atoms with van der Waals surface area (Å²) in [4.78, 5) is 15.5. The summed E-state index contributed by atoms with van der Waals surface area (Å²) >= 11 is 0. The molecular weight excluding hydrogens is 474 g/mol. The molecular formula is C33H39NO4. The van der Waals surface area contributed by atoms with Crippen LogP contribution in [0.25, 0.3) is 21.9 Å². The van der Waals surface area contributed by atoms with Gasteiger partial charge in [-0.15, -0.1) is 0 Å². The number of rotatable bonds is 8. The number of fused-ring (bicyclic) bond motifs is 3. The molecule has 0 bridgehead atoms. The van der Waals surface area contributed by atoms with E-state index < -0.39 is 6.10 Å². The van der Waals surface area contributed by atoms with Gasteiger partial charge in [0.25, 0.3) is 0 Å². The maximum atomic E-state index is 13.7. The fraction of sp³-hybridized carbons (Fsp3) is 0.424. The number of hydrogen-bond donors (Lipinski definition) is 1. The summed E-state index contributed by atoms with van der Waals surface area (Å²) in [5, 5.41) is 13.0. The number of amides is 1. The van der Waals surface area contributed by atoms with Gasteiger partial charge in [-0.3, -0.25) is 4.79 Å². The Morgan fingerprint density at radius 3 is 2.37 bits per heavy atom. The lowest BCUT2D eigenvalue weighted by Gasteiger charge is -2.38. The quantitative estimate of drug-likeness (QED) is 0.270. The molecule has 1 aliphatic carbocycles. The van der Waals surface area contributed by atoms with Crippen molar-refractivity contribution in [1.82, 2.24) is 4.90 Å². The second-order valence-electron chi connectivity index (χ2n) is 11.8. The molecule has 3 aromatic carbocycles. The van der Waals surface area contributed by atoms with Gasteiger partial charge in [0.05, 0.1) is 6.54 Å². The summed E-state index contributed by atoms with van der Waals surface area (Å²) < 4.78 is 11.9. The zero-order valence-electron chi connectivity index (χ0n) is 22.7. The Morgan fingerprint density at radius 1 is 0.947 bits per heavy atom. The predicted octanol–water partition coefficient (Wildman–Crippen LogP) is 7.21. The Morgan fingerprint density at radius 2 is 1.63 bits per heavy atom. The van der Waals surface area contributed by atoms with Crippen molar-refractivity contribution in [2.45, 2.75) is 59.1 Å². The van der Waals surface area contributed by atoms with Crippen molar-refractivity contribution in [3.63, 3.8) is 0 Å². The highest BCUT2D eigenvalue weighted by molar-refractivity contribution is 6.05. The first-order valence-electron chi connectivity index (χ1n) is 13.8. The minimum absolute atomic E-state index is 0.0159. The number of carbonyl (C=O) groups excluding carboxylic acids is 1. The second-order valence-corrected chi connectivity index (χ2v) is 11.8. The molecule has 1 saturated carbocycles. The lowest BCUT2D eigenvalue weighted by molar-refractivity contribution is -0.139. The molecule has 0 aliphatic heterocycles. The molecule has 5 rings (SSSR count). The lowest BCUT2D eigenvalue weighted by Crippen LogP contribution is -2.43. The third-order valence-corrected chi connectivity index (χ3v) is 8.05. The Labute approximate surface area is 225 Å². The number of furan rings is 1. The molecule has 1 atom stereocenters. The molecule has 0 saturated heterocycles. The lowest BCUT2D eigenvalue weighted by atomic mass is 9.69. The first-order chi connectivity index (χ1) is 18.3. The van der Waals surface area contributed by atoms with Crippen molar-refractivity contribution < 1.29 is 19.1 Å². The molecule has 4 aromatic rings. The summed E-state index contributed by atoms with van der Waals surface area (Å²) in [5.74, 6) is 1.48. The van der Waals surface area contributed by atoms with E-state index in [-0.39, 0.29) is 30.4 Å². The van der Waals surface area contributed by atoms with Gasteiger partial charge in [0, 0.05) is 23.2 Å².